The number of fused-ring (bicyclic) bond motifs is 1. The molecule has 0 amide bonds. The van der Waals surface area contributed by atoms with Crippen molar-refractivity contribution in [3.8, 4) is 11.5 Å². The van der Waals surface area contributed by atoms with E-state index in [1.165, 1.54) is 0 Å². The number of aromatic hydroxyl groups is 1. The van der Waals surface area contributed by atoms with Gasteiger partial charge in [0.15, 0.2) is 0 Å². The largest absolute Gasteiger partial charge is 0.507 e. The lowest BCUT2D eigenvalue weighted by molar-refractivity contribution is 0.410. The average Bonchev–Trinajstić information content (AvgIpc) is 2.71. The molecule has 2 rings (SSSR count). The molecule has 0 unspecified atom stereocenters. The van der Waals surface area contributed by atoms with E-state index in [9.17, 15) is 5.11 Å². The maximum Gasteiger partial charge on any atom is 0.146 e. The number of hydrogen-bond donors (Lipinski definition) is 1. The van der Waals surface area contributed by atoms with Gasteiger partial charge in [-0.1, -0.05) is 13.8 Å². The molecule has 2 aromatic rings. The molecule has 0 bridgehead atoms. The minimum absolute atomic E-state index is 0.403. The number of benzene rings is 1. The molecule has 1 N–H and O–H groups in total. The molecule has 0 aliphatic heterocycles. The molecule has 0 radical (unpaired) electrons. The Bertz CT molecular complexity index is 555. The number of aromatic nitrogens is 1. The quantitative estimate of drug-likeness (QED) is 0.884. The van der Waals surface area contributed by atoms with Gasteiger partial charge in [-0.3, -0.25) is 0 Å². The Hall–Kier alpha value is -1.64. The zero-order valence-corrected chi connectivity index (χ0v) is 10.9. The first kappa shape index (κ1) is 11.8. The van der Waals surface area contributed by atoms with E-state index < -0.39 is 0 Å². The van der Waals surface area contributed by atoms with Gasteiger partial charge in [0.2, 0.25) is 0 Å². The fourth-order valence-corrected chi connectivity index (χ4v) is 2.56. The maximum atomic E-state index is 10.3. The van der Waals surface area contributed by atoms with E-state index in [0.717, 1.165) is 40.6 Å². The fourth-order valence-electron chi connectivity index (χ4n) is 2.56. The summed E-state index contributed by atoms with van der Waals surface area (Å²) in [7, 11) is 3.66. The van der Waals surface area contributed by atoms with Crippen molar-refractivity contribution in [1.82, 2.24) is 4.57 Å². The molecule has 0 saturated heterocycles. The van der Waals surface area contributed by atoms with Crippen molar-refractivity contribution in [1.29, 1.82) is 0 Å². The normalized spacial score (nSPS) is 11.1. The van der Waals surface area contributed by atoms with Crippen LogP contribution in [0.3, 0.4) is 0 Å². The van der Waals surface area contributed by atoms with Crippen LogP contribution in [0.2, 0.25) is 0 Å². The first-order valence-corrected chi connectivity index (χ1v) is 6.01. The van der Waals surface area contributed by atoms with Gasteiger partial charge in [0, 0.05) is 29.8 Å². The van der Waals surface area contributed by atoms with Crippen LogP contribution >= 0.6 is 0 Å². The standard InChI is InChI=1S/C14H19NO2/c1-5-9-10(6-2)14(17-4)12-11(13(9)16)7-8-15(12)3/h7-8,16H,5-6H2,1-4H3. The van der Waals surface area contributed by atoms with Gasteiger partial charge in [-0.2, -0.15) is 0 Å². The van der Waals surface area contributed by atoms with Gasteiger partial charge in [-0.15, -0.1) is 0 Å². The Balaban J connectivity index is 2.95. The van der Waals surface area contributed by atoms with Crippen LogP contribution in [0.1, 0.15) is 25.0 Å². The number of phenolic OH excluding ortho intramolecular Hbond substituents is 1. The van der Waals surface area contributed by atoms with Gasteiger partial charge < -0.3 is 14.4 Å². The minimum atomic E-state index is 0.403. The van der Waals surface area contributed by atoms with Crippen LogP contribution in [-0.2, 0) is 19.9 Å². The van der Waals surface area contributed by atoms with Crippen molar-refractivity contribution in [2.75, 3.05) is 7.11 Å². The number of nitrogens with zero attached hydrogens (tertiary/aromatic N) is 1. The number of phenols is 1. The summed E-state index contributed by atoms with van der Waals surface area (Å²) >= 11 is 0. The Morgan fingerprint density at radius 2 is 1.88 bits per heavy atom. The highest BCUT2D eigenvalue weighted by atomic mass is 16.5. The third kappa shape index (κ3) is 1.57. The van der Waals surface area contributed by atoms with Gasteiger partial charge >= 0.3 is 0 Å². The number of methoxy groups -OCH3 is 1. The van der Waals surface area contributed by atoms with Crippen LogP contribution in [-0.4, -0.2) is 16.8 Å². The zero-order valence-electron chi connectivity index (χ0n) is 10.9. The molecule has 1 heterocycles. The Morgan fingerprint density at radius 1 is 1.24 bits per heavy atom. The third-order valence-corrected chi connectivity index (χ3v) is 3.38. The van der Waals surface area contributed by atoms with Crippen molar-refractivity contribution < 1.29 is 9.84 Å². The molecular weight excluding hydrogens is 214 g/mol. The highest BCUT2D eigenvalue weighted by Crippen LogP contribution is 2.40. The summed E-state index contributed by atoms with van der Waals surface area (Å²) in [6.07, 6.45) is 3.63. The summed E-state index contributed by atoms with van der Waals surface area (Å²) in [5.41, 5.74) is 3.09. The molecule has 0 aliphatic rings. The summed E-state index contributed by atoms with van der Waals surface area (Å²) in [5.74, 6) is 1.30. The molecule has 0 aliphatic carbocycles. The molecule has 0 atom stereocenters. The van der Waals surface area contributed by atoms with Gasteiger partial charge in [-0.05, 0) is 18.9 Å². The molecule has 3 heteroatoms. The summed E-state index contributed by atoms with van der Waals surface area (Å²) in [6.45, 7) is 4.15. The second-order valence-electron chi connectivity index (χ2n) is 4.23. The number of rotatable bonds is 3. The predicted octanol–water partition coefficient (Wildman–Crippen LogP) is 3.02. The lowest BCUT2D eigenvalue weighted by Gasteiger charge is -2.16. The van der Waals surface area contributed by atoms with Crippen molar-refractivity contribution in [3.05, 3.63) is 23.4 Å². The second kappa shape index (κ2) is 4.32. The van der Waals surface area contributed by atoms with E-state index in [4.69, 9.17) is 4.74 Å². The van der Waals surface area contributed by atoms with E-state index in [0.29, 0.717) is 5.75 Å². The number of ether oxygens (including phenoxy) is 1. The number of hydrogen-bond acceptors (Lipinski definition) is 2. The molecule has 0 saturated carbocycles. The Kier molecular flexibility index (Phi) is 3.01. The van der Waals surface area contributed by atoms with Crippen LogP contribution < -0.4 is 4.74 Å². The van der Waals surface area contributed by atoms with Crippen molar-refractivity contribution in [2.45, 2.75) is 26.7 Å². The molecule has 0 fully saturated rings. The second-order valence-corrected chi connectivity index (χ2v) is 4.23. The predicted molar refractivity (Wildman–Crippen MR) is 69.9 cm³/mol. The highest BCUT2D eigenvalue weighted by Gasteiger charge is 2.19. The van der Waals surface area contributed by atoms with Gasteiger partial charge in [-0.25, -0.2) is 0 Å². The van der Waals surface area contributed by atoms with Crippen LogP contribution in [0.4, 0.5) is 0 Å². The first-order valence-electron chi connectivity index (χ1n) is 6.01. The number of aryl methyl sites for hydroxylation is 1. The van der Waals surface area contributed by atoms with Crippen molar-refractivity contribution >= 4 is 10.9 Å². The fraction of sp³-hybridized carbons (Fsp3) is 0.429. The molecular formula is C14H19NO2. The highest BCUT2D eigenvalue weighted by molar-refractivity contribution is 5.94. The van der Waals surface area contributed by atoms with Crippen LogP contribution in [0.15, 0.2) is 12.3 Å². The van der Waals surface area contributed by atoms with E-state index in [-0.39, 0.29) is 0 Å². The van der Waals surface area contributed by atoms with Crippen molar-refractivity contribution in [3.63, 3.8) is 0 Å². The summed E-state index contributed by atoms with van der Waals surface area (Å²) in [4.78, 5) is 0. The summed E-state index contributed by atoms with van der Waals surface area (Å²) in [5, 5.41) is 11.2. The van der Waals surface area contributed by atoms with Crippen molar-refractivity contribution in [2.24, 2.45) is 7.05 Å². The van der Waals surface area contributed by atoms with E-state index in [1.807, 2.05) is 23.9 Å². The topological polar surface area (TPSA) is 34.4 Å². The molecule has 17 heavy (non-hydrogen) atoms. The summed E-state index contributed by atoms with van der Waals surface area (Å²) in [6, 6.07) is 1.94. The molecule has 0 spiro atoms. The van der Waals surface area contributed by atoms with Gasteiger partial charge in [0.1, 0.15) is 11.5 Å². The van der Waals surface area contributed by atoms with E-state index in [1.54, 1.807) is 7.11 Å². The maximum absolute atomic E-state index is 10.3. The molecule has 3 nitrogen and oxygen atoms in total. The Labute approximate surface area is 102 Å². The van der Waals surface area contributed by atoms with Crippen LogP contribution in [0.25, 0.3) is 10.9 Å². The van der Waals surface area contributed by atoms with Gasteiger partial charge in [0.25, 0.3) is 0 Å². The molecule has 1 aromatic carbocycles. The van der Waals surface area contributed by atoms with E-state index >= 15 is 0 Å². The third-order valence-electron chi connectivity index (χ3n) is 3.38. The molecule has 92 valence electrons. The first-order chi connectivity index (χ1) is 8.15. The average molecular weight is 233 g/mol. The Morgan fingerprint density at radius 3 is 2.41 bits per heavy atom. The van der Waals surface area contributed by atoms with Crippen LogP contribution in [0.5, 0.6) is 11.5 Å². The van der Waals surface area contributed by atoms with Crippen LogP contribution in [0, 0.1) is 0 Å². The monoisotopic (exact) mass is 233 g/mol. The minimum Gasteiger partial charge on any atom is -0.507 e. The van der Waals surface area contributed by atoms with Gasteiger partial charge in [0.05, 0.1) is 12.6 Å². The van der Waals surface area contributed by atoms with E-state index in [2.05, 4.69) is 13.8 Å². The SMILES string of the molecule is CCc1c(CC)c(OC)c2c(ccn2C)c1O. The molecule has 1 aromatic heterocycles. The zero-order chi connectivity index (χ0) is 12.6. The lowest BCUT2D eigenvalue weighted by Crippen LogP contribution is -2.00. The smallest absolute Gasteiger partial charge is 0.146 e. The lowest BCUT2D eigenvalue weighted by atomic mass is 9.98. The summed E-state index contributed by atoms with van der Waals surface area (Å²) < 4.78 is 7.55.